The molecule has 2 aromatic rings. The first-order valence-corrected chi connectivity index (χ1v) is 8.64. The molecular weight excluding hydrogens is 318 g/mol. The lowest BCUT2D eigenvalue weighted by Crippen LogP contribution is -2.54. The Bertz CT molecular complexity index is 791. The fourth-order valence-corrected chi connectivity index (χ4v) is 4.10. The standard InChI is InChI=1S/C19H21N3O3/c1-13-4-5-16(25-13)18(24)22-9-6-19(7-10-22)15(11-17(23)21-19)14-3-2-8-20-12-14/h2-5,8,12,15H,6-7,9-11H2,1H3,(H,21,23)/t15-/m1/s1. The van der Waals surface area contributed by atoms with Crippen molar-refractivity contribution in [2.75, 3.05) is 13.1 Å². The first kappa shape index (κ1) is 15.9. The molecule has 1 spiro atoms. The third-order valence-electron chi connectivity index (χ3n) is 5.43. The molecule has 6 heteroatoms. The van der Waals surface area contributed by atoms with Gasteiger partial charge in [0.2, 0.25) is 5.91 Å². The van der Waals surface area contributed by atoms with E-state index in [0.717, 1.165) is 24.2 Å². The van der Waals surface area contributed by atoms with Crippen molar-refractivity contribution < 1.29 is 14.0 Å². The van der Waals surface area contributed by atoms with Crippen LogP contribution in [0.15, 0.2) is 41.1 Å². The molecule has 2 aliphatic heterocycles. The van der Waals surface area contributed by atoms with Crippen LogP contribution in [0.4, 0.5) is 0 Å². The third kappa shape index (κ3) is 2.81. The van der Waals surface area contributed by atoms with Crippen molar-refractivity contribution >= 4 is 11.8 Å². The minimum absolute atomic E-state index is 0.0785. The zero-order valence-electron chi connectivity index (χ0n) is 14.2. The lowest BCUT2D eigenvalue weighted by atomic mass is 9.74. The van der Waals surface area contributed by atoms with E-state index in [9.17, 15) is 9.59 Å². The van der Waals surface area contributed by atoms with Crippen molar-refractivity contribution in [1.29, 1.82) is 0 Å². The van der Waals surface area contributed by atoms with E-state index >= 15 is 0 Å². The summed E-state index contributed by atoms with van der Waals surface area (Å²) in [6.45, 7) is 3.04. The van der Waals surface area contributed by atoms with Gasteiger partial charge in [0.1, 0.15) is 5.76 Å². The summed E-state index contributed by atoms with van der Waals surface area (Å²) in [5.74, 6) is 1.22. The fraction of sp³-hybridized carbons (Fsp3) is 0.421. The van der Waals surface area contributed by atoms with Crippen LogP contribution in [0, 0.1) is 6.92 Å². The van der Waals surface area contributed by atoms with E-state index in [0.29, 0.717) is 25.3 Å². The largest absolute Gasteiger partial charge is 0.456 e. The van der Waals surface area contributed by atoms with Crippen LogP contribution < -0.4 is 5.32 Å². The van der Waals surface area contributed by atoms with Gasteiger partial charge in [0, 0.05) is 37.8 Å². The van der Waals surface area contributed by atoms with E-state index in [-0.39, 0.29) is 23.3 Å². The second-order valence-electron chi connectivity index (χ2n) is 6.95. The van der Waals surface area contributed by atoms with Gasteiger partial charge in [-0.1, -0.05) is 6.07 Å². The summed E-state index contributed by atoms with van der Waals surface area (Å²) in [5.41, 5.74) is 0.804. The van der Waals surface area contributed by atoms with Crippen molar-refractivity contribution in [2.24, 2.45) is 0 Å². The van der Waals surface area contributed by atoms with E-state index in [2.05, 4.69) is 10.3 Å². The van der Waals surface area contributed by atoms with Crippen molar-refractivity contribution in [3.63, 3.8) is 0 Å². The molecule has 0 bridgehead atoms. The monoisotopic (exact) mass is 339 g/mol. The number of aromatic nitrogens is 1. The first-order valence-electron chi connectivity index (χ1n) is 8.64. The van der Waals surface area contributed by atoms with E-state index in [1.165, 1.54) is 0 Å². The number of aryl methyl sites for hydroxylation is 1. The van der Waals surface area contributed by atoms with Crippen LogP contribution in [-0.4, -0.2) is 40.3 Å². The second-order valence-corrected chi connectivity index (χ2v) is 6.95. The predicted molar refractivity (Wildman–Crippen MR) is 91.1 cm³/mol. The first-order chi connectivity index (χ1) is 12.1. The van der Waals surface area contributed by atoms with Crippen molar-refractivity contribution in [3.05, 3.63) is 53.7 Å². The number of furan rings is 1. The Balaban J connectivity index is 1.51. The Morgan fingerprint density at radius 3 is 2.76 bits per heavy atom. The predicted octanol–water partition coefficient (Wildman–Crippen LogP) is 2.26. The highest BCUT2D eigenvalue weighted by atomic mass is 16.3. The van der Waals surface area contributed by atoms with Gasteiger partial charge in [0.25, 0.3) is 5.91 Å². The molecule has 4 rings (SSSR count). The number of piperidine rings is 1. The minimum atomic E-state index is -0.282. The number of hydrogen-bond donors (Lipinski definition) is 1. The molecule has 6 nitrogen and oxygen atoms in total. The molecule has 0 aromatic carbocycles. The van der Waals surface area contributed by atoms with Crippen molar-refractivity contribution in [1.82, 2.24) is 15.2 Å². The van der Waals surface area contributed by atoms with Gasteiger partial charge in [-0.25, -0.2) is 0 Å². The molecule has 130 valence electrons. The van der Waals surface area contributed by atoms with Gasteiger partial charge in [0.15, 0.2) is 5.76 Å². The topological polar surface area (TPSA) is 75.4 Å². The number of rotatable bonds is 2. The van der Waals surface area contributed by atoms with Gasteiger partial charge >= 0.3 is 0 Å². The Kier molecular flexibility index (Phi) is 3.82. The Morgan fingerprint density at radius 1 is 1.32 bits per heavy atom. The number of hydrogen-bond acceptors (Lipinski definition) is 4. The quantitative estimate of drug-likeness (QED) is 0.911. The van der Waals surface area contributed by atoms with Gasteiger partial charge in [-0.3, -0.25) is 14.6 Å². The number of carbonyl (C=O) groups excluding carboxylic acids is 2. The van der Waals surface area contributed by atoms with Gasteiger partial charge in [-0.15, -0.1) is 0 Å². The maximum Gasteiger partial charge on any atom is 0.289 e. The van der Waals surface area contributed by atoms with Crippen LogP contribution in [0.1, 0.15) is 47.1 Å². The zero-order valence-corrected chi connectivity index (χ0v) is 14.2. The van der Waals surface area contributed by atoms with Crippen LogP contribution in [0.25, 0.3) is 0 Å². The molecule has 2 saturated heterocycles. The molecule has 0 aliphatic carbocycles. The van der Waals surface area contributed by atoms with Crippen LogP contribution in [0.5, 0.6) is 0 Å². The summed E-state index contributed by atoms with van der Waals surface area (Å²) >= 11 is 0. The van der Waals surface area contributed by atoms with Gasteiger partial charge in [0.05, 0.1) is 5.54 Å². The number of amides is 2. The van der Waals surface area contributed by atoms with Crippen LogP contribution in [-0.2, 0) is 4.79 Å². The maximum atomic E-state index is 12.6. The maximum absolute atomic E-state index is 12.6. The number of nitrogens with zero attached hydrogens (tertiary/aromatic N) is 2. The number of carbonyl (C=O) groups is 2. The van der Waals surface area contributed by atoms with Crippen LogP contribution >= 0.6 is 0 Å². The average Bonchev–Trinajstić information content (AvgIpc) is 3.19. The summed E-state index contributed by atoms with van der Waals surface area (Å²) in [5, 5.41) is 3.19. The van der Waals surface area contributed by atoms with Crippen molar-refractivity contribution in [3.8, 4) is 0 Å². The molecule has 2 fully saturated rings. The van der Waals surface area contributed by atoms with Crippen LogP contribution in [0.3, 0.4) is 0 Å². The molecule has 1 atom stereocenters. The lowest BCUT2D eigenvalue weighted by molar-refractivity contribution is -0.120. The van der Waals surface area contributed by atoms with Crippen molar-refractivity contribution in [2.45, 2.75) is 37.6 Å². The van der Waals surface area contributed by atoms with E-state index in [1.807, 2.05) is 30.2 Å². The molecule has 0 saturated carbocycles. The Hall–Kier alpha value is -2.63. The van der Waals surface area contributed by atoms with E-state index in [1.54, 1.807) is 18.3 Å². The summed E-state index contributed by atoms with van der Waals surface area (Å²) < 4.78 is 5.45. The molecule has 1 N–H and O–H groups in total. The summed E-state index contributed by atoms with van der Waals surface area (Å²) in [6, 6.07) is 7.46. The SMILES string of the molecule is Cc1ccc(C(=O)N2CCC3(CC2)NC(=O)C[C@@H]3c2cccnc2)o1. The van der Waals surface area contributed by atoms with Gasteiger partial charge < -0.3 is 14.6 Å². The molecule has 0 radical (unpaired) electrons. The molecule has 2 aliphatic rings. The summed E-state index contributed by atoms with van der Waals surface area (Å²) in [7, 11) is 0. The Labute approximate surface area is 146 Å². The molecule has 0 unspecified atom stereocenters. The smallest absolute Gasteiger partial charge is 0.289 e. The normalized spacial score (nSPS) is 22.2. The minimum Gasteiger partial charge on any atom is -0.456 e. The van der Waals surface area contributed by atoms with Crippen LogP contribution in [0.2, 0.25) is 0 Å². The lowest BCUT2D eigenvalue weighted by Gasteiger charge is -2.42. The second kappa shape index (κ2) is 6.02. The fourth-order valence-electron chi connectivity index (χ4n) is 4.10. The van der Waals surface area contributed by atoms with E-state index < -0.39 is 0 Å². The Morgan fingerprint density at radius 2 is 2.12 bits per heavy atom. The highest BCUT2D eigenvalue weighted by Gasteiger charge is 2.49. The number of likely N-dealkylation sites (tertiary alicyclic amines) is 1. The molecular formula is C19H21N3O3. The number of nitrogens with one attached hydrogen (secondary N) is 1. The van der Waals surface area contributed by atoms with Gasteiger partial charge in [-0.05, 0) is 43.5 Å². The summed E-state index contributed by atoms with van der Waals surface area (Å²) in [4.78, 5) is 30.7. The number of pyridine rings is 1. The summed E-state index contributed by atoms with van der Waals surface area (Å²) in [6.07, 6.45) is 5.55. The molecule has 4 heterocycles. The molecule has 2 aromatic heterocycles. The van der Waals surface area contributed by atoms with Gasteiger partial charge in [-0.2, -0.15) is 0 Å². The highest BCUT2D eigenvalue weighted by Crippen LogP contribution is 2.43. The zero-order chi connectivity index (χ0) is 17.4. The molecule has 25 heavy (non-hydrogen) atoms. The van der Waals surface area contributed by atoms with E-state index in [4.69, 9.17) is 4.42 Å². The average molecular weight is 339 g/mol. The highest BCUT2D eigenvalue weighted by molar-refractivity contribution is 5.91. The molecule has 2 amide bonds. The third-order valence-corrected chi connectivity index (χ3v) is 5.43.